The largest absolute Gasteiger partial charge is 0.370 e. The molecule has 0 aliphatic heterocycles. The molecule has 2 fully saturated rings. The summed E-state index contributed by atoms with van der Waals surface area (Å²) in [6, 6.07) is 9.16. The predicted octanol–water partition coefficient (Wildman–Crippen LogP) is 2.99. The maximum absolute atomic E-state index is 6.03. The Balaban J connectivity index is 1.56. The van der Waals surface area contributed by atoms with Crippen LogP contribution in [0.4, 0.5) is 0 Å². The highest BCUT2D eigenvalue weighted by Gasteiger charge is 2.32. The third-order valence-electron chi connectivity index (χ3n) is 4.20. The Bertz CT molecular complexity index is 490. The number of nitrogens with two attached hydrogens (primary N) is 1. The number of hydrogen-bond acceptors (Lipinski definition) is 1. The molecule has 0 atom stereocenters. The van der Waals surface area contributed by atoms with Crippen LogP contribution >= 0.6 is 11.6 Å². The zero-order chi connectivity index (χ0) is 13.4. The van der Waals surface area contributed by atoms with E-state index in [1.165, 1.54) is 18.4 Å². The summed E-state index contributed by atoms with van der Waals surface area (Å²) in [5, 5.41) is 0.817. The molecule has 2 aliphatic rings. The van der Waals surface area contributed by atoms with Crippen LogP contribution in [0.5, 0.6) is 0 Å². The minimum absolute atomic E-state index is 0.380. The molecule has 19 heavy (non-hydrogen) atoms. The van der Waals surface area contributed by atoms with E-state index in [9.17, 15) is 0 Å². The molecule has 2 saturated carbocycles. The van der Waals surface area contributed by atoms with Crippen molar-refractivity contribution in [2.24, 2.45) is 10.7 Å². The van der Waals surface area contributed by atoms with Gasteiger partial charge in [0.05, 0.1) is 6.04 Å². The van der Waals surface area contributed by atoms with Crippen LogP contribution in [0.1, 0.15) is 37.2 Å². The fourth-order valence-corrected chi connectivity index (χ4v) is 2.85. The van der Waals surface area contributed by atoms with Crippen LogP contribution in [0.25, 0.3) is 0 Å². The summed E-state index contributed by atoms with van der Waals surface area (Å²) in [5.74, 6) is 1.29. The van der Waals surface area contributed by atoms with E-state index in [-0.39, 0.29) is 0 Å². The molecule has 0 bridgehead atoms. The Morgan fingerprint density at radius 2 is 2.11 bits per heavy atom. The van der Waals surface area contributed by atoms with E-state index < -0.39 is 0 Å². The van der Waals surface area contributed by atoms with Crippen LogP contribution in [-0.2, 0) is 0 Å². The molecule has 1 aromatic rings. The second kappa shape index (κ2) is 5.04. The molecular formula is C15H20ClN3. The van der Waals surface area contributed by atoms with Crippen molar-refractivity contribution < 1.29 is 0 Å². The third kappa shape index (κ3) is 2.86. The number of benzene rings is 1. The average Bonchev–Trinajstić information content (AvgIpc) is 3.16. The van der Waals surface area contributed by atoms with E-state index in [2.05, 4.69) is 22.0 Å². The number of aliphatic imine (C=N–C) groups is 1. The lowest BCUT2D eigenvalue weighted by molar-refractivity contribution is 0.347. The van der Waals surface area contributed by atoms with E-state index in [0.29, 0.717) is 24.0 Å². The highest BCUT2D eigenvalue weighted by Crippen LogP contribution is 2.39. The Labute approximate surface area is 119 Å². The summed E-state index contributed by atoms with van der Waals surface area (Å²) in [5.41, 5.74) is 7.36. The van der Waals surface area contributed by atoms with Crippen LogP contribution < -0.4 is 5.73 Å². The topological polar surface area (TPSA) is 41.6 Å². The molecule has 2 aliphatic carbocycles. The molecule has 0 radical (unpaired) electrons. The maximum atomic E-state index is 6.03. The van der Waals surface area contributed by atoms with Gasteiger partial charge in [0.15, 0.2) is 5.96 Å². The number of halogens is 1. The molecule has 0 saturated heterocycles. The predicted molar refractivity (Wildman–Crippen MR) is 79.6 cm³/mol. The average molecular weight is 278 g/mol. The first-order valence-corrected chi connectivity index (χ1v) is 7.33. The van der Waals surface area contributed by atoms with Gasteiger partial charge in [-0.2, -0.15) is 0 Å². The molecular weight excluding hydrogens is 258 g/mol. The first-order valence-electron chi connectivity index (χ1n) is 6.95. The van der Waals surface area contributed by atoms with Crippen molar-refractivity contribution in [2.45, 2.75) is 43.7 Å². The Hall–Kier alpha value is -1.22. The van der Waals surface area contributed by atoms with Crippen LogP contribution in [0.2, 0.25) is 5.02 Å². The molecule has 0 aromatic heterocycles. The number of nitrogens with zero attached hydrogens (tertiary/aromatic N) is 2. The van der Waals surface area contributed by atoms with Gasteiger partial charge in [-0.05, 0) is 49.3 Å². The molecule has 102 valence electrons. The Morgan fingerprint density at radius 1 is 1.37 bits per heavy atom. The van der Waals surface area contributed by atoms with E-state index in [1.807, 2.05) is 19.2 Å². The lowest BCUT2D eigenvalue weighted by Crippen LogP contribution is -2.38. The summed E-state index contributed by atoms with van der Waals surface area (Å²) in [6.07, 6.45) is 4.67. The van der Waals surface area contributed by atoms with Crippen LogP contribution in [0.15, 0.2) is 29.3 Å². The molecule has 4 heteroatoms. The highest BCUT2D eigenvalue weighted by molar-refractivity contribution is 6.30. The normalized spacial score (nSPS) is 26.9. The molecule has 0 spiro atoms. The quantitative estimate of drug-likeness (QED) is 0.682. The minimum Gasteiger partial charge on any atom is -0.370 e. The van der Waals surface area contributed by atoms with Crippen molar-refractivity contribution in [1.82, 2.24) is 4.90 Å². The van der Waals surface area contributed by atoms with Crippen molar-refractivity contribution in [2.75, 3.05) is 7.05 Å². The van der Waals surface area contributed by atoms with E-state index >= 15 is 0 Å². The smallest absolute Gasteiger partial charge is 0.191 e. The van der Waals surface area contributed by atoms with Gasteiger partial charge < -0.3 is 10.6 Å². The van der Waals surface area contributed by atoms with Gasteiger partial charge in [0.25, 0.3) is 0 Å². The van der Waals surface area contributed by atoms with Gasteiger partial charge in [0, 0.05) is 18.1 Å². The monoisotopic (exact) mass is 277 g/mol. The molecule has 0 unspecified atom stereocenters. The summed E-state index contributed by atoms with van der Waals surface area (Å²) >= 11 is 6.02. The second-order valence-corrected chi connectivity index (χ2v) is 6.14. The number of hydrogen-bond donors (Lipinski definition) is 1. The van der Waals surface area contributed by atoms with E-state index in [0.717, 1.165) is 17.9 Å². The summed E-state index contributed by atoms with van der Waals surface area (Å²) in [7, 11) is 2.05. The lowest BCUT2D eigenvalue weighted by Gasteiger charge is -2.34. The van der Waals surface area contributed by atoms with Gasteiger partial charge in [-0.25, -0.2) is 4.99 Å². The zero-order valence-electron chi connectivity index (χ0n) is 11.2. The first-order chi connectivity index (χ1) is 9.13. The maximum Gasteiger partial charge on any atom is 0.191 e. The van der Waals surface area contributed by atoms with Crippen molar-refractivity contribution in [1.29, 1.82) is 0 Å². The fourth-order valence-electron chi connectivity index (χ4n) is 2.65. The van der Waals surface area contributed by atoms with Gasteiger partial charge in [-0.1, -0.05) is 23.7 Å². The second-order valence-electron chi connectivity index (χ2n) is 5.71. The highest BCUT2D eigenvalue weighted by atomic mass is 35.5. The van der Waals surface area contributed by atoms with E-state index in [4.69, 9.17) is 17.3 Å². The Kier molecular flexibility index (Phi) is 3.40. The zero-order valence-corrected chi connectivity index (χ0v) is 12.0. The fraction of sp³-hybridized carbons (Fsp3) is 0.533. The van der Waals surface area contributed by atoms with Gasteiger partial charge >= 0.3 is 0 Å². The van der Waals surface area contributed by atoms with Crippen LogP contribution in [0, 0.1) is 0 Å². The molecule has 2 N–H and O–H groups in total. The molecule has 0 amide bonds. The van der Waals surface area contributed by atoms with Gasteiger partial charge in [0.1, 0.15) is 0 Å². The first kappa shape index (κ1) is 12.8. The Morgan fingerprint density at radius 3 is 2.74 bits per heavy atom. The van der Waals surface area contributed by atoms with Crippen molar-refractivity contribution >= 4 is 17.6 Å². The molecule has 0 heterocycles. The lowest BCUT2D eigenvalue weighted by atomic mass is 9.76. The van der Waals surface area contributed by atoms with Gasteiger partial charge in [-0.15, -0.1) is 0 Å². The summed E-state index contributed by atoms with van der Waals surface area (Å²) in [4.78, 5) is 6.75. The number of rotatable bonds is 3. The van der Waals surface area contributed by atoms with Crippen molar-refractivity contribution in [3.8, 4) is 0 Å². The van der Waals surface area contributed by atoms with Crippen LogP contribution in [0.3, 0.4) is 0 Å². The third-order valence-corrected chi connectivity index (χ3v) is 4.44. The minimum atomic E-state index is 0.380. The SMILES string of the molecule is CN(C(N)=NC1CC(c2cccc(Cl)c2)C1)C1CC1. The van der Waals surface area contributed by atoms with Crippen molar-refractivity contribution in [3.05, 3.63) is 34.9 Å². The standard InChI is InChI=1S/C15H20ClN3/c1-19(14-5-6-14)15(17)18-13-8-11(9-13)10-3-2-4-12(16)7-10/h2-4,7,11,13-14H,5-6,8-9H2,1H3,(H2,17,18). The molecule has 3 nitrogen and oxygen atoms in total. The summed E-state index contributed by atoms with van der Waals surface area (Å²) < 4.78 is 0. The molecule has 1 aromatic carbocycles. The summed E-state index contributed by atoms with van der Waals surface area (Å²) in [6.45, 7) is 0. The van der Waals surface area contributed by atoms with E-state index in [1.54, 1.807) is 0 Å². The van der Waals surface area contributed by atoms with Gasteiger partial charge in [0.2, 0.25) is 0 Å². The number of guanidine groups is 1. The van der Waals surface area contributed by atoms with Crippen LogP contribution in [-0.4, -0.2) is 30.0 Å². The van der Waals surface area contributed by atoms with Gasteiger partial charge in [-0.3, -0.25) is 0 Å². The van der Waals surface area contributed by atoms with Crippen molar-refractivity contribution in [3.63, 3.8) is 0 Å². The molecule has 3 rings (SSSR count).